The molecule has 0 unspecified atom stereocenters. The molecule has 0 aliphatic carbocycles. The lowest BCUT2D eigenvalue weighted by atomic mass is 10.2. The number of aromatic nitrogens is 2. The van der Waals surface area contributed by atoms with E-state index < -0.39 is 18.4 Å². The molecule has 0 aliphatic heterocycles. The monoisotopic (exact) mass is 374 g/mol. The molecule has 1 aromatic carbocycles. The van der Waals surface area contributed by atoms with Crippen molar-refractivity contribution in [2.75, 3.05) is 11.9 Å². The molecule has 27 heavy (non-hydrogen) atoms. The van der Waals surface area contributed by atoms with Crippen LogP contribution < -0.4 is 10.6 Å². The zero-order valence-corrected chi connectivity index (χ0v) is 15.0. The maximum Gasteiger partial charge on any atom is 0.322 e. The zero-order valence-electron chi connectivity index (χ0n) is 15.0. The molecule has 0 atom stereocenters. The van der Waals surface area contributed by atoms with Gasteiger partial charge in [0, 0.05) is 30.5 Å². The molecule has 0 saturated heterocycles. The van der Waals surface area contributed by atoms with Crippen LogP contribution in [0, 0.1) is 0 Å². The van der Waals surface area contributed by atoms with Crippen LogP contribution in [0.5, 0.6) is 0 Å². The molecular weight excluding hydrogens is 352 g/mol. The molecule has 0 spiro atoms. The lowest BCUT2D eigenvalue weighted by Gasteiger charge is -2.06. The first kappa shape index (κ1) is 20.1. The Kier molecular flexibility index (Phi) is 7.48. The molecule has 2 aromatic rings. The van der Waals surface area contributed by atoms with E-state index in [0.717, 1.165) is 12.8 Å². The molecular formula is C18H22N4O5. The Balaban J connectivity index is 1.74. The number of amides is 2. The lowest BCUT2D eigenvalue weighted by molar-refractivity contribution is -0.135. The number of carbonyl (C=O) groups excluding carboxylic acids is 2. The summed E-state index contributed by atoms with van der Waals surface area (Å²) in [4.78, 5) is 38.4. The second-order valence-electron chi connectivity index (χ2n) is 5.91. The fraction of sp³-hybridized carbons (Fsp3) is 0.389. The summed E-state index contributed by atoms with van der Waals surface area (Å²) in [6.45, 7) is 1.59. The van der Waals surface area contributed by atoms with E-state index in [1.807, 2.05) is 6.92 Å². The van der Waals surface area contributed by atoms with Gasteiger partial charge in [-0.15, -0.1) is 0 Å². The first-order valence-electron chi connectivity index (χ1n) is 8.69. The molecule has 0 aliphatic rings. The van der Waals surface area contributed by atoms with Crippen LogP contribution in [0.15, 0.2) is 28.8 Å². The average Bonchev–Trinajstić information content (AvgIpc) is 3.08. The van der Waals surface area contributed by atoms with Crippen LogP contribution >= 0.6 is 0 Å². The maximum atomic E-state index is 12.0. The van der Waals surface area contributed by atoms with E-state index in [2.05, 4.69) is 20.8 Å². The normalized spacial score (nSPS) is 10.4. The molecule has 0 fully saturated rings. The number of nitrogens with one attached hydrogen (secondary N) is 2. The smallest absolute Gasteiger partial charge is 0.322 e. The van der Waals surface area contributed by atoms with E-state index in [9.17, 15) is 14.4 Å². The van der Waals surface area contributed by atoms with Gasteiger partial charge in [0.2, 0.25) is 11.8 Å². The summed E-state index contributed by atoms with van der Waals surface area (Å²) in [5.74, 6) is -0.551. The quantitative estimate of drug-likeness (QED) is 0.577. The van der Waals surface area contributed by atoms with Crippen molar-refractivity contribution in [1.82, 2.24) is 15.5 Å². The van der Waals surface area contributed by atoms with Crippen LogP contribution in [0.1, 0.15) is 48.3 Å². The minimum absolute atomic E-state index is 0.161. The van der Waals surface area contributed by atoms with Crippen LogP contribution in [0.2, 0.25) is 0 Å². The minimum Gasteiger partial charge on any atom is -0.480 e. The lowest BCUT2D eigenvalue weighted by Crippen LogP contribution is -2.29. The number of anilines is 1. The van der Waals surface area contributed by atoms with Crippen LogP contribution in [-0.4, -0.2) is 39.6 Å². The van der Waals surface area contributed by atoms with Gasteiger partial charge in [0.25, 0.3) is 5.91 Å². The van der Waals surface area contributed by atoms with Gasteiger partial charge in [-0.25, -0.2) is 0 Å². The van der Waals surface area contributed by atoms with E-state index in [1.54, 1.807) is 12.1 Å². The summed E-state index contributed by atoms with van der Waals surface area (Å²) >= 11 is 0. The number of carbonyl (C=O) groups is 3. The maximum absolute atomic E-state index is 12.0. The molecule has 3 N–H and O–H groups in total. The van der Waals surface area contributed by atoms with E-state index in [0.29, 0.717) is 42.2 Å². The fourth-order valence-corrected chi connectivity index (χ4v) is 2.30. The fourth-order valence-electron chi connectivity index (χ4n) is 2.30. The molecule has 0 bridgehead atoms. The summed E-state index contributed by atoms with van der Waals surface area (Å²) in [6, 6.07) is 6.20. The van der Waals surface area contributed by atoms with Crippen LogP contribution in [0.4, 0.5) is 5.69 Å². The third-order valence-corrected chi connectivity index (χ3v) is 3.61. The largest absolute Gasteiger partial charge is 0.480 e. The molecule has 144 valence electrons. The summed E-state index contributed by atoms with van der Waals surface area (Å²) in [6.07, 6.45) is 3.13. The van der Waals surface area contributed by atoms with Crippen molar-refractivity contribution in [2.24, 2.45) is 0 Å². The number of carboxylic acids is 1. The summed E-state index contributed by atoms with van der Waals surface area (Å²) in [5.41, 5.74) is 0.867. The molecule has 2 rings (SSSR count). The molecule has 9 nitrogen and oxygen atoms in total. The highest BCUT2D eigenvalue weighted by Crippen LogP contribution is 2.11. The molecule has 9 heteroatoms. The molecule has 0 saturated carbocycles. The van der Waals surface area contributed by atoms with Crippen molar-refractivity contribution >= 4 is 23.5 Å². The van der Waals surface area contributed by atoms with Crippen molar-refractivity contribution in [2.45, 2.75) is 39.0 Å². The van der Waals surface area contributed by atoms with Crippen LogP contribution in [0.25, 0.3) is 0 Å². The second-order valence-corrected chi connectivity index (χ2v) is 5.91. The van der Waals surface area contributed by atoms with Crippen molar-refractivity contribution in [3.8, 4) is 0 Å². The topological polar surface area (TPSA) is 134 Å². The highest BCUT2D eigenvalue weighted by atomic mass is 16.5. The van der Waals surface area contributed by atoms with Gasteiger partial charge < -0.3 is 20.3 Å². The number of carboxylic acid groups (broad SMARTS) is 1. The number of rotatable bonds is 10. The first-order valence-corrected chi connectivity index (χ1v) is 8.69. The molecule has 2 amide bonds. The van der Waals surface area contributed by atoms with Gasteiger partial charge in [-0.2, -0.15) is 4.98 Å². The molecule has 0 radical (unpaired) electrons. The third-order valence-electron chi connectivity index (χ3n) is 3.61. The Hall–Kier alpha value is -3.23. The number of hydrogen-bond donors (Lipinski definition) is 3. The van der Waals surface area contributed by atoms with E-state index in [1.165, 1.54) is 12.1 Å². The summed E-state index contributed by atoms with van der Waals surface area (Å²) in [5, 5.41) is 17.4. The summed E-state index contributed by atoms with van der Waals surface area (Å²) in [7, 11) is 0. The van der Waals surface area contributed by atoms with Crippen molar-refractivity contribution < 1.29 is 24.0 Å². The van der Waals surface area contributed by atoms with Gasteiger partial charge in [-0.3, -0.25) is 14.4 Å². The van der Waals surface area contributed by atoms with Crippen LogP contribution in [-0.2, 0) is 22.4 Å². The molecule has 1 heterocycles. The first-order chi connectivity index (χ1) is 13.0. The Morgan fingerprint density at radius 2 is 1.89 bits per heavy atom. The number of benzene rings is 1. The predicted molar refractivity (Wildman–Crippen MR) is 96.3 cm³/mol. The Morgan fingerprint density at radius 3 is 2.56 bits per heavy atom. The van der Waals surface area contributed by atoms with E-state index in [-0.39, 0.29) is 5.91 Å². The second kappa shape index (κ2) is 10.0. The summed E-state index contributed by atoms with van der Waals surface area (Å²) < 4.78 is 5.12. The van der Waals surface area contributed by atoms with Gasteiger partial charge in [-0.1, -0.05) is 12.1 Å². The van der Waals surface area contributed by atoms with Gasteiger partial charge in [-0.05, 0) is 37.1 Å². The Labute approximate surface area is 156 Å². The SMILES string of the molecule is CCCc1noc(CCCC(=O)Nc2ccc(C(=O)NCC(=O)O)cc2)n1. The van der Waals surface area contributed by atoms with Gasteiger partial charge in [0.1, 0.15) is 6.54 Å². The van der Waals surface area contributed by atoms with Gasteiger partial charge >= 0.3 is 5.97 Å². The Morgan fingerprint density at radius 1 is 1.15 bits per heavy atom. The number of aliphatic carboxylic acids is 1. The van der Waals surface area contributed by atoms with E-state index in [4.69, 9.17) is 9.63 Å². The van der Waals surface area contributed by atoms with Crippen LogP contribution in [0.3, 0.4) is 0 Å². The van der Waals surface area contributed by atoms with Crippen molar-refractivity contribution in [1.29, 1.82) is 0 Å². The standard InChI is InChI=1S/C18H22N4O5/c1-2-4-14-21-16(27-22-14)6-3-5-15(23)20-13-9-7-12(8-10-13)18(26)19-11-17(24)25/h7-10H,2-6,11H2,1H3,(H,19,26)(H,20,23)(H,24,25). The average molecular weight is 374 g/mol. The van der Waals surface area contributed by atoms with Crippen molar-refractivity contribution in [3.63, 3.8) is 0 Å². The number of nitrogens with zero attached hydrogens (tertiary/aromatic N) is 2. The number of aryl methyl sites for hydroxylation is 2. The molecule has 1 aromatic heterocycles. The number of hydrogen-bond acceptors (Lipinski definition) is 6. The highest BCUT2D eigenvalue weighted by molar-refractivity contribution is 5.97. The highest BCUT2D eigenvalue weighted by Gasteiger charge is 2.09. The van der Waals surface area contributed by atoms with Gasteiger partial charge in [0.15, 0.2) is 5.82 Å². The van der Waals surface area contributed by atoms with Gasteiger partial charge in [0.05, 0.1) is 0 Å². The van der Waals surface area contributed by atoms with Crippen molar-refractivity contribution in [3.05, 3.63) is 41.5 Å². The predicted octanol–water partition coefficient (Wildman–Crippen LogP) is 1.80. The third kappa shape index (κ3) is 6.89. The zero-order chi connectivity index (χ0) is 19.6. The van der Waals surface area contributed by atoms with E-state index >= 15 is 0 Å². The minimum atomic E-state index is -1.12. The Bertz CT molecular complexity index is 785.